The summed E-state index contributed by atoms with van der Waals surface area (Å²) in [6, 6.07) is 3.41. The Morgan fingerprint density at radius 3 is 3.08 bits per heavy atom. The van der Waals surface area contributed by atoms with Gasteiger partial charge in [-0.15, -0.1) is 0 Å². The lowest BCUT2D eigenvalue weighted by atomic mass is 10.1. The molecule has 1 heterocycles. The van der Waals surface area contributed by atoms with Gasteiger partial charge in [-0.25, -0.2) is 4.98 Å². The number of hydrogen-bond donors (Lipinski definition) is 2. The van der Waals surface area contributed by atoms with Crippen LogP contribution in [-0.4, -0.2) is 24.4 Å². The van der Waals surface area contributed by atoms with Crippen LogP contribution in [0.3, 0.4) is 0 Å². The zero-order valence-electron chi connectivity index (χ0n) is 7.58. The lowest BCUT2D eigenvalue weighted by molar-refractivity contribution is 0.0984. The molecule has 3 N–H and O–H groups in total. The lowest BCUT2D eigenvalue weighted by Gasteiger charge is -2.02. The van der Waals surface area contributed by atoms with Gasteiger partial charge in [0.05, 0.1) is 5.56 Å². The fraction of sp³-hybridized carbons (Fsp3) is 0.333. The number of ketones is 1. The number of rotatable bonds is 4. The number of carbonyl (C=O) groups excluding carboxylic acids is 1. The number of Topliss-reactive ketones (excluding diaryl/α,β-unsaturated/α-hetero) is 1. The van der Waals surface area contributed by atoms with Crippen molar-refractivity contribution in [3.63, 3.8) is 0 Å². The molecule has 0 saturated heterocycles. The van der Waals surface area contributed by atoms with E-state index in [0.717, 1.165) is 0 Å². The predicted molar refractivity (Wildman–Crippen MR) is 51.5 cm³/mol. The molecule has 4 heteroatoms. The quantitative estimate of drug-likeness (QED) is 0.659. The van der Waals surface area contributed by atoms with Crippen LogP contribution in [-0.2, 0) is 0 Å². The van der Waals surface area contributed by atoms with E-state index in [4.69, 9.17) is 5.73 Å². The minimum absolute atomic E-state index is 0.0277. The predicted octanol–water partition coefficient (Wildman–Crippen LogP) is 0.456. The summed E-state index contributed by atoms with van der Waals surface area (Å²) in [5.74, 6) is 0.337. The van der Waals surface area contributed by atoms with Crippen LogP contribution in [0.4, 0.5) is 5.82 Å². The van der Waals surface area contributed by atoms with E-state index >= 15 is 0 Å². The minimum atomic E-state index is 0.0277. The smallest absolute Gasteiger partial charge is 0.167 e. The first-order valence-corrected chi connectivity index (χ1v) is 4.14. The fourth-order valence-electron chi connectivity index (χ4n) is 1.03. The Labute approximate surface area is 77.2 Å². The first-order chi connectivity index (χ1) is 6.25. The molecule has 0 atom stereocenters. The van der Waals surface area contributed by atoms with Crippen molar-refractivity contribution in [3.8, 4) is 0 Å². The highest BCUT2D eigenvalue weighted by Gasteiger charge is 2.08. The normalized spacial score (nSPS) is 9.92. The summed E-state index contributed by atoms with van der Waals surface area (Å²) in [5.41, 5.74) is 6.05. The molecule has 0 unspecified atom stereocenters. The van der Waals surface area contributed by atoms with Gasteiger partial charge < -0.3 is 11.1 Å². The minimum Gasteiger partial charge on any atom is -0.383 e. The summed E-state index contributed by atoms with van der Waals surface area (Å²) in [6.45, 7) is 0.660. The molecule has 0 aliphatic rings. The second-order valence-corrected chi connectivity index (χ2v) is 2.71. The molecule has 0 bridgehead atoms. The maximum absolute atomic E-state index is 11.5. The second kappa shape index (κ2) is 4.57. The molecule has 0 amide bonds. The van der Waals surface area contributed by atoms with Gasteiger partial charge in [0.2, 0.25) is 0 Å². The van der Waals surface area contributed by atoms with Gasteiger partial charge >= 0.3 is 0 Å². The topological polar surface area (TPSA) is 68.0 Å². The number of nitrogens with two attached hydrogens (primary N) is 1. The van der Waals surface area contributed by atoms with Crippen molar-refractivity contribution < 1.29 is 4.79 Å². The van der Waals surface area contributed by atoms with Gasteiger partial charge in [-0.3, -0.25) is 4.79 Å². The van der Waals surface area contributed by atoms with Gasteiger partial charge in [0, 0.05) is 19.2 Å². The highest BCUT2D eigenvalue weighted by molar-refractivity contribution is 5.99. The van der Waals surface area contributed by atoms with E-state index in [0.29, 0.717) is 24.3 Å². The number of aromatic nitrogens is 1. The monoisotopic (exact) mass is 179 g/mol. The van der Waals surface area contributed by atoms with E-state index in [1.54, 1.807) is 25.4 Å². The number of nitrogens with one attached hydrogen (secondary N) is 1. The first kappa shape index (κ1) is 9.67. The number of carbonyl (C=O) groups is 1. The summed E-state index contributed by atoms with van der Waals surface area (Å²) in [6.07, 6.45) is 2.02. The molecule has 0 saturated carbocycles. The van der Waals surface area contributed by atoms with E-state index in [-0.39, 0.29) is 5.78 Å². The molecule has 1 rings (SSSR count). The van der Waals surface area contributed by atoms with Crippen molar-refractivity contribution in [1.29, 1.82) is 0 Å². The number of nitrogens with zero attached hydrogens (tertiary/aromatic N) is 1. The molecular weight excluding hydrogens is 166 g/mol. The molecule has 0 fully saturated rings. The summed E-state index contributed by atoms with van der Waals surface area (Å²) in [5, 5.41) is 2.91. The zero-order chi connectivity index (χ0) is 9.68. The van der Waals surface area contributed by atoms with Gasteiger partial charge in [-0.05, 0) is 19.2 Å². The Morgan fingerprint density at radius 1 is 1.69 bits per heavy atom. The number of pyridine rings is 1. The van der Waals surface area contributed by atoms with Crippen molar-refractivity contribution >= 4 is 11.6 Å². The third-order valence-corrected chi connectivity index (χ3v) is 1.74. The average molecular weight is 179 g/mol. The molecule has 0 aliphatic carbocycles. The molecule has 13 heavy (non-hydrogen) atoms. The summed E-state index contributed by atoms with van der Waals surface area (Å²) in [7, 11) is 1.81. The van der Waals surface area contributed by atoms with Crippen LogP contribution in [0.1, 0.15) is 16.8 Å². The van der Waals surface area contributed by atoms with Crippen LogP contribution in [0.2, 0.25) is 0 Å². The third-order valence-electron chi connectivity index (χ3n) is 1.74. The van der Waals surface area contributed by atoms with Crippen LogP contribution >= 0.6 is 0 Å². The Morgan fingerprint density at radius 2 is 2.46 bits per heavy atom. The Bertz CT molecular complexity index is 299. The van der Waals surface area contributed by atoms with E-state index in [9.17, 15) is 4.79 Å². The van der Waals surface area contributed by atoms with Crippen molar-refractivity contribution in [2.24, 2.45) is 0 Å². The van der Waals surface area contributed by atoms with Crippen molar-refractivity contribution in [2.75, 3.05) is 19.3 Å². The van der Waals surface area contributed by atoms with Crippen molar-refractivity contribution in [3.05, 3.63) is 23.9 Å². The highest BCUT2D eigenvalue weighted by atomic mass is 16.1. The first-order valence-electron chi connectivity index (χ1n) is 4.14. The molecule has 1 aromatic rings. The SMILES string of the molecule is CNCCC(=O)c1cccnc1N. The maximum Gasteiger partial charge on any atom is 0.167 e. The maximum atomic E-state index is 11.5. The number of hydrogen-bond acceptors (Lipinski definition) is 4. The van der Waals surface area contributed by atoms with Crippen molar-refractivity contribution in [1.82, 2.24) is 10.3 Å². The van der Waals surface area contributed by atoms with Gasteiger partial charge in [-0.1, -0.05) is 0 Å². The molecule has 0 radical (unpaired) electrons. The van der Waals surface area contributed by atoms with Crippen molar-refractivity contribution in [2.45, 2.75) is 6.42 Å². The molecule has 0 aliphatic heterocycles. The van der Waals surface area contributed by atoms with Gasteiger partial charge in [-0.2, -0.15) is 0 Å². The molecule has 70 valence electrons. The van der Waals surface area contributed by atoms with Crippen LogP contribution in [0, 0.1) is 0 Å². The van der Waals surface area contributed by atoms with Gasteiger partial charge in [0.15, 0.2) is 5.78 Å². The van der Waals surface area contributed by atoms with Crippen LogP contribution in [0.5, 0.6) is 0 Å². The summed E-state index contributed by atoms with van der Waals surface area (Å²) < 4.78 is 0. The van der Waals surface area contributed by atoms with Crippen LogP contribution < -0.4 is 11.1 Å². The van der Waals surface area contributed by atoms with E-state index in [1.807, 2.05) is 0 Å². The molecular formula is C9H13N3O. The van der Waals surface area contributed by atoms with Gasteiger partial charge in [0.25, 0.3) is 0 Å². The summed E-state index contributed by atoms with van der Waals surface area (Å²) >= 11 is 0. The standard InChI is InChI=1S/C9H13N3O/c1-11-6-4-8(13)7-3-2-5-12-9(7)10/h2-3,5,11H,4,6H2,1H3,(H2,10,12). The average Bonchev–Trinajstić information content (AvgIpc) is 2.15. The Balaban J connectivity index is 2.71. The van der Waals surface area contributed by atoms with Crippen LogP contribution in [0.15, 0.2) is 18.3 Å². The Hall–Kier alpha value is -1.42. The third kappa shape index (κ3) is 2.52. The van der Waals surface area contributed by atoms with Gasteiger partial charge in [0.1, 0.15) is 5.82 Å². The van der Waals surface area contributed by atoms with E-state index in [2.05, 4.69) is 10.3 Å². The van der Waals surface area contributed by atoms with Crippen LogP contribution in [0.25, 0.3) is 0 Å². The lowest BCUT2D eigenvalue weighted by Crippen LogP contribution is -2.14. The summed E-state index contributed by atoms with van der Waals surface area (Å²) in [4.78, 5) is 15.3. The molecule has 0 spiro atoms. The Kier molecular flexibility index (Phi) is 3.40. The molecule has 0 aromatic carbocycles. The zero-order valence-corrected chi connectivity index (χ0v) is 7.58. The van der Waals surface area contributed by atoms with E-state index < -0.39 is 0 Å². The molecule has 1 aromatic heterocycles. The second-order valence-electron chi connectivity index (χ2n) is 2.71. The highest BCUT2D eigenvalue weighted by Crippen LogP contribution is 2.08. The number of anilines is 1. The largest absolute Gasteiger partial charge is 0.383 e. The fourth-order valence-corrected chi connectivity index (χ4v) is 1.03. The number of nitrogen functional groups attached to an aromatic ring is 1. The van der Waals surface area contributed by atoms with E-state index in [1.165, 1.54) is 0 Å². The molecule has 4 nitrogen and oxygen atoms in total.